The molecule has 1 aromatic rings. The summed E-state index contributed by atoms with van der Waals surface area (Å²) in [5.74, 6) is 0. The van der Waals surface area contributed by atoms with E-state index in [1.165, 1.54) is 5.56 Å². The maximum Gasteiger partial charge on any atom is 0.0679 e. The van der Waals surface area contributed by atoms with Crippen LogP contribution in [0.5, 0.6) is 0 Å². The lowest BCUT2D eigenvalue weighted by Gasteiger charge is -2.15. The lowest BCUT2D eigenvalue weighted by molar-refractivity contribution is 0.174. The van der Waals surface area contributed by atoms with E-state index in [-0.39, 0.29) is 6.10 Å². The molecule has 1 aliphatic heterocycles. The van der Waals surface area contributed by atoms with Crippen molar-refractivity contribution in [1.82, 2.24) is 9.88 Å². The van der Waals surface area contributed by atoms with E-state index in [1.807, 2.05) is 19.2 Å². The second kappa shape index (κ2) is 4.07. The molecule has 3 nitrogen and oxygen atoms in total. The smallest absolute Gasteiger partial charge is 0.0679 e. The molecule has 2 rings (SSSR count). The zero-order valence-electron chi connectivity index (χ0n) is 8.48. The predicted molar refractivity (Wildman–Crippen MR) is 54.9 cm³/mol. The minimum absolute atomic E-state index is 0.132. The normalized spacial score (nSPS) is 22.9. The highest BCUT2D eigenvalue weighted by atomic mass is 16.3. The zero-order valence-corrected chi connectivity index (χ0v) is 8.48. The summed E-state index contributed by atoms with van der Waals surface area (Å²) in [7, 11) is 0. The van der Waals surface area contributed by atoms with E-state index in [4.69, 9.17) is 0 Å². The van der Waals surface area contributed by atoms with Gasteiger partial charge in [-0.1, -0.05) is 6.07 Å². The second-order valence-corrected chi connectivity index (χ2v) is 3.93. The van der Waals surface area contributed by atoms with Crippen LogP contribution in [0.2, 0.25) is 0 Å². The van der Waals surface area contributed by atoms with Gasteiger partial charge in [0.25, 0.3) is 0 Å². The van der Waals surface area contributed by atoms with E-state index in [0.717, 1.165) is 31.7 Å². The van der Waals surface area contributed by atoms with Crippen molar-refractivity contribution in [2.24, 2.45) is 0 Å². The number of pyridine rings is 1. The van der Waals surface area contributed by atoms with E-state index in [1.54, 1.807) is 0 Å². The number of rotatable bonds is 2. The molecule has 1 saturated heterocycles. The van der Waals surface area contributed by atoms with Gasteiger partial charge in [0, 0.05) is 31.5 Å². The molecular formula is C11H16N2O. The van der Waals surface area contributed by atoms with Gasteiger partial charge < -0.3 is 5.11 Å². The second-order valence-electron chi connectivity index (χ2n) is 3.93. The van der Waals surface area contributed by atoms with Crippen LogP contribution < -0.4 is 0 Å². The van der Waals surface area contributed by atoms with Crippen LogP contribution in [0.4, 0.5) is 0 Å². The number of hydrogen-bond donors (Lipinski definition) is 1. The fraction of sp³-hybridized carbons (Fsp3) is 0.545. The van der Waals surface area contributed by atoms with Gasteiger partial charge in [0.05, 0.1) is 6.10 Å². The minimum Gasteiger partial charge on any atom is -0.392 e. The number of likely N-dealkylation sites (tertiary alicyclic amines) is 1. The Morgan fingerprint density at radius 3 is 3.14 bits per heavy atom. The molecule has 0 aromatic carbocycles. The van der Waals surface area contributed by atoms with Crippen molar-refractivity contribution >= 4 is 0 Å². The van der Waals surface area contributed by atoms with Gasteiger partial charge in [-0.3, -0.25) is 9.88 Å². The van der Waals surface area contributed by atoms with Crippen molar-refractivity contribution in [2.45, 2.75) is 26.0 Å². The molecule has 0 bridgehead atoms. The standard InChI is InChI=1S/C11H16N2O/c1-9-10(3-2-5-12-9)7-13-6-4-11(14)8-13/h2-3,5,11,14H,4,6-8H2,1H3. The number of hydrogen-bond acceptors (Lipinski definition) is 3. The van der Waals surface area contributed by atoms with Crippen molar-refractivity contribution in [1.29, 1.82) is 0 Å². The molecule has 0 aliphatic carbocycles. The van der Waals surface area contributed by atoms with E-state index < -0.39 is 0 Å². The maximum absolute atomic E-state index is 9.39. The average molecular weight is 192 g/mol. The zero-order chi connectivity index (χ0) is 9.97. The number of β-amino-alcohol motifs (C(OH)–C–C–N with tert-alkyl or cyclic N) is 1. The Kier molecular flexibility index (Phi) is 2.79. The van der Waals surface area contributed by atoms with Crippen LogP contribution in [0.3, 0.4) is 0 Å². The predicted octanol–water partition coefficient (Wildman–Crippen LogP) is 0.957. The Hall–Kier alpha value is -0.930. The fourth-order valence-electron chi connectivity index (χ4n) is 1.88. The molecule has 0 spiro atoms. The molecular weight excluding hydrogens is 176 g/mol. The summed E-state index contributed by atoms with van der Waals surface area (Å²) >= 11 is 0. The summed E-state index contributed by atoms with van der Waals surface area (Å²) in [6.07, 6.45) is 2.59. The molecule has 2 heterocycles. The van der Waals surface area contributed by atoms with Crippen molar-refractivity contribution in [2.75, 3.05) is 13.1 Å². The number of nitrogens with zero attached hydrogens (tertiary/aromatic N) is 2. The lowest BCUT2D eigenvalue weighted by atomic mass is 10.2. The number of aliphatic hydroxyl groups excluding tert-OH is 1. The van der Waals surface area contributed by atoms with Gasteiger partial charge in [-0.05, 0) is 25.0 Å². The van der Waals surface area contributed by atoms with Crippen LogP contribution in [0, 0.1) is 6.92 Å². The van der Waals surface area contributed by atoms with Crippen molar-refractivity contribution in [3.63, 3.8) is 0 Å². The first-order chi connectivity index (χ1) is 6.75. The van der Waals surface area contributed by atoms with Gasteiger partial charge in [-0.2, -0.15) is 0 Å². The summed E-state index contributed by atoms with van der Waals surface area (Å²) in [6, 6.07) is 4.07. The fourth-order valence-corrected chi connectivity index (χ4v) is 1.88. The summed E-state index contributed by atoms with van der Waals surface area (Å²) in [4.78, 5) is 6.52. The van der Waals surface area contributed by atoms with Crippen LogP contribution in [0.25, 0.3) is 0 Å². The molecule has 0 radical (unpaired) electrons. The Labute approximate surface area is 84.4 Å². The maximum atomic E-state index is 9.39. The van der Waals surface area contributed by atoms with E-state index in [9.17, 15) is 5.11 Å². The summed E-state index contributed by atoms with van der Waals surface area (Å²) in [5.41, 5.74) is 2.36. The third kappa shape index (κ3) is 2.11. The molecule has 0 saturated carbocycles. The van der Waals surface area contributed by atoms with E-state index in [2.05, 4.69) is 16.0 Å². The highest BCUT2D eigenvalue weighted by Crippen LogP contribution is 2.14. The third-order valence-electron chi connectivity index (χ3n) is 2.76. The Bertz CT molecular complexity index is 314. The first-order valence-corrected chi connectivity index (χ1v) is 5.06. The molecule has 1 aliphatic rings. The summed E-state index contributed by atoms with van der Waals surface area (Å²) < 4.78 is 0. The van der Waals surface area contributed by atoms with Crippen LogP contribution in [0.1, 0.15) is 17.7 Å². The quantitative estimate of drug-likeness (QED) is 0.758. The molecule has 3 heteroatoms. The first-order valence-electron chi connectivity index (χ1n) is 5.06. The monoisotopic (exact) mass is 192 g/mol. The van der Waals surface area contributed by atoms with Gasteiger partial charge in [-0.25, -0.2) is 0 Å². The van der Waals surface area contributed by atoms with E-state index >= 15 is 0 Å². The molecule has 0 amide bonds. The molecule has 1 atom stereocenters. The number of aryl methyl sites for hydroxylation is 1. The number of aliphatic hydroxyl groups is 1. The van der Waals surface area contributed by atoms with Crippen molar-refractivity contribution < 1.29 is 5.11 Å². The van der Waals surface area contributed by atoms with Gasteiger partial charge in [-0.15, -0.1) is 0 Å². The molecule has 1 unspecified atom stereocenters. The van der Waals surface area contributed by atoms with Gasteiger partial charge in [0.1, 0.15) is 0 Å². The highest BCUT2D eigenvalue weighted by molar-refractivity contribution is 5.18. The summed E-state index contributed by atoms with van der Waals surface area (Å²) in [6.45, 7) is 4.74. The first kappa shape index (κ1) is 9.62. The molecule has 1 N–H and O–H groups in total. The Balaban J connectivity index is 2.01. The van der Waals surface area contributed by atoms with Crippen LogP contribution in [0.15, 0.2) is 18.3 Å². The minimum atomic E-state index is -0.132. The number of aromatic nitrogens is 1. The third-order valence-corrected chi connectivity index (χ3v) is 2.76. The molecule has 14 heavy (non-hydrogen) atoms. The van der Waals surface area contributed by atoms with E-state index in [0.29, 0.717) is 0 Å². The average Bonchev–Trinajstić information content (AvgIpc) is 2.56. The molecule has 1 aromatic heterocycles. The van der Waals surface area contributed by atoms with Crippen molar-refractivity contribution in [3.05, 3.63) is 29.6 Å². The van der Waals surface area contributed by atoms with Crippen LogP contribution in [-0.4, -0.2) is 34.2 Å². The molecule has 1 fully saturated rings. The van der Waals surface area contributed by atoms with Gasteiger partial charge in [0.15, 0.2) is 0 Å². The topological polar surface area (TPSA) is 36.4 Å². The largest absolute Gasteiger partial charge is 0.392 e. The van der Waals surface area contributed by atoms with Crippen LogP contribution >= 0.6 is 0 Å². The molecule has 76 valence electrons. The summed E-state index contributed by atoms with van der Waals surface area (Å²) in [5, 5.41) is 9.39. The Morgan fingerprint density at radius 2 is 2.50 bits per heavy atom. The van der Waals surface area contributed by atoms with Gasteiger partial charge >= 0.3 is 0 Å². The van der Waals surface area contributed by atoms with Crippen LogP contribution in [-0.2, 0) is 6.54 Å². The highest BCUT2D eigenvalue weighted by Gasteiger charge is 2.20. The van der Waals surface area contributed by atoms with Crippen molar-refractivity contribution in [3.8, 4) is 0 Å². The Morgan fingerprint density at radius 1 is 1.64 bits per heavy atom. The lowest BCUT2D eigenvalue weighted by Crippen LogP contribution is -2.22. The SMILES string of the molecule is Cc1ncccc1CN1CCC(O)C1. The van der Waals surface area contributed by atoms with Gasteiger partial charge in [0.2, 0.25) is 0 Å².